The molecule has 7 heteroatoms. The van der Waals surface area contributed by atoms with Crippen LogP contribution in [0.2, 0.25) is 0 Å². The van der Waals surface area contributed by atoms with Gasteiger partial charge in [-0.05, 0) is 58.6 Å². The molecule has 1 aromatic carbocycles. The number of terminal acetylenes is 1. The van der Waals surface area contributed by atoms with Gasteiger partial charge >= 0.3 is 0 Å². The van der Waals surface area contributed by atoms with Gasteiger partial charge in [-0.1, -0.05) is 18.1 Å². The summed E-state index contributed by atoms with van der Waals surface area (Å²) in [6.07, 6.45) is 8.23. The van der Waals surface area contributed by atoms with E-state index in [2.05, 4.69) is 40.4 Å². The Balaban J connectivity index is 2.32. The third-order valence-corrected chi connectivity index (χ3v) is 4.24. The first kappa shape index (κ1) is 18.2. The smallest absolute Gasteiger partial charge is 0.265 e. The van der Waals surface area contributed by atoms with Crippen molar-refractivity contribution in [2.75, 3.05) is 13.2 Å². The second-order valence-corrected chi connectivity index (χ2v) is 6.25. The first-order valence-electron chi connectivity index (χ1n) is 6.83. The molecular formula is C17H13IN2O3S. The Morgan fingerprint density at radius 1 is 1.46 bits per heavy atom. The molecule has 1 aliphatic heterocycles. The molecule has 1 N–H and O–H groups in total. The van der Waals surface area contributed by atoms with Crippen LogP contribution in [-0.2, 0) is 9.59 Å². The van der Waals surface area contributed by atoms with Gasteiger partial charge in [0.15, 0.2) is 5.11 Å². The van der Waals surface area contributed by atoms with Crippen molar-refractivity contribution in [2.24, 2.45) is 0 Å². The average molecular weight is 452 g/mol. The molecule has 0 aliphatic carbocycles. The lowest BCUT2D eigenvalue weighted by Crippen LogP contribution is -2.53. The van der Waals surface area contributed by atoms with Gasteiger partial charge in [0.25, 0.3) is 11.8 Å². The zero-order chi connectivity index (χ0) is 17.7. The van der Waals surface area contributed by atoms with Crippen molar-refractivity contribution in [3.05, 3.63) is 45.6 Å². The summed E-state index contributed by atoms with van der Waals surface area (Å²) in [6, 6.07) is 5.28. The number of nitrogens with one attached hydrogen (secondary N) is 1. The molecule has 1 fully saturated rings. The number of halogens is 1. The van der Waals surface area contributed by atoms with Crippen LogP contribution in [0.15, 0.2) is 36.4 Å². The topological polar surface area (TPSA) is 58.6 Å². The summed E-state index contributed by atoms with van der Waals surface area (Å²) in [6.45, 7) is 3.98. The predicted molar refractivity (Wildman–Crippen MR) is 104 cm³/mol. The Morgan fingerprint density at radius 2 is 2.21 bits per heavy atom. The maximum absolute atomic E-state index is 12.4. The van der Waals surface area contributed by atoms with Gasteiger partial charge in [0.05, 0.1) is 3.57 Å². The van der Waals surface area contributed by atoms with Crippen molar-refractivity contribution in [3.63, 3.8) is 0 Å². The highest BCUT2D eigenvalue weighted by atomic mass is 127. The van der Waals surface area contributed by atoms with E-state index < -0.39 is 11.8 Å². The van der Waals surface area contributed by atoms with E-state index >= 15 is 0 Å². The minimum atomic E-state index is -0.520. The summed E-state index contributed by atoms with van der Waals surface area (Å²) in [5, 5.41) is 2.58. The molecular weight excluding hydrogens is 439 g/mol. The monoisotopic (exact) mass is 452 g/mol. The molecule has 2 amide bonds. The van der Waals surface area contributed by atoms with Crippen LogP contribution in [0.1, 0.15) is 5.56 Å². The van der Waals surface area contributed by atoms with Gasteiger partial charge in [0.2, 0.25) is 0 Å². The van der Waals surface area contributed by atoms with E-state index in [4.69, 9.17) is 23.4 Å². The molecule has 1 saturated heterocycles. The molecule has 0 unspecified atom stereocenters. The van der Waals surface area contributed by atoms with Crippen LogP contribution in [-0.4, -0.2) is 35.0 Å². The Bertz CT molecular complexity index is 796. The highest BCUT2D eigenvalue weighted by molar-refractivity contribution is 14.1. The van der Waals surface area contributed by atoms with Crippen LogP contribution in [0.4, 0.5) is 0 Å². The van der Waals surface area contributed by atoms with E-state index in [1.165, 1.54) is 11.0 Å². The number of rotatable bonds is 5. The fourth-order valence-electron chi connectivity index (χ4n) is 2.00. The zero-order valence-corrected chi connectivity index (χ0v) is 15.5. The molecule has 122 valence electrons. The van der Waals surface area contributed by atoms with Gasteiger partial charge in [-0.3, -0.25) is 19.8 Å². The summed E-state index contributed by atoms with van der Waals surface area (Å²) in [5.74, 6) is 2.07. The Morgan fingerprint density at radius 3 is 2.83 bits per heavy atom. The number of amides is 2. The average Bonchev–Trinajstić information content (AvgIpc) is 2.54. The molecule has 0 bridgehead atoms. The van der Waals surface area contributed by atoms with Crippen molar-refractivity contribution in [1.29, 1.82) is 0 Å². The summed E-state index contributed by atoms with van der Waals surface area (Å²) < 4.78 is 6.21. The van der Waals surface area contributed by atoms with Crippen LogP contribution in [0, 0.1) is 15.9 Å². The largest absolute Gasteiger partial charge is 0.480 e. The van der Waals surface area contributed by atoms with Crippen molar-refractivity contribution in [3.8, 4) is 18.1 Å². The number of hydrogen-bond donors (Lipinski definition) is 1. The Kier molecular flexibility index (Phi) is 6.11. The first-order valence-corrected chi connectivity index (χ1v) is 8.32. The maximum atomic E-state index is 12.4. The lowest BCUT2D eigenvalue weighted by atomic mass is 10.1. The normalized spacial score (nSPS) is 15.9. The van der Waals surface area contributed by atoms with Gasteiger partial charge < -0.3 is 4.74 Å². The molecule has 0 radical (unpaired) electrons. The van der Waals surface area contributed by atoms with Crippen molar-refractivity contribution < 1.29 is 14.3 Å². The minimum absolute atomic E-state index is 0.0125. The van der Waals surface area contributed by atoms with Crippen LogP contribution in [0.3, 0.4) is 0 Å². The van der Waals surface area contributed by atoms with Crippen LogP contribution in [0.25, 0.3) is 6.08 Å². The molecule has 5 nitrogen and oxygen atoms in total. The minimum Gasteiger partial charge on any atom is -0.480 e. The molecule has 0 saturated carbocycles. The van der Waals surface area contributed by atoms with Gasteiger partial charge in [0.1, 0.15) is 17.9 Å². The van der Waals surface area contributed by atoms with Crippen molar-refractivity contribution in [1.82, 2.24) is 10.2 Å². The van der Waals surface area contributed by atoms with E-state index in [1.54, 1.807) is 24.3 Å². The molecule has 1 heterocycles. The van der Waals surface area contributed by atoms with Gasteiger partial charge in [-0.2, -0.15) is 0 Å². The molecule has 1 aliphatic rings. The predicted octanol–water partition coefficient (Wildman–Crippen LogP) is 2.12. The van der Waals surface area contributed by atoms with E-state index in [-0.39, 0.29) is 23.8 Å². The molecule has 0 aromatic heterocycles. The quantitative estimate of drug-likeness (QED) is 0.186. The van der Waals surface area contributed by atoms with Crippen molar-refractivity contribution >= 4 is 57.8 Å². The number of carbonyl (C=O) groups is 2. The second-order valence-electron chi connectivity index (χ2n) is 4.70. The summed E-state index contributed by atoms with van der Waals surface area (Å²) >= 11 is 7.11. The highest BCUT2D eigenvalue weighted by Crippen LogP contribution is 2.24. The van der Waals surface area contributed by atoms with Gasteiger partial charge in [0, 0.05) is 6.54 Å². The number of nitrogens with zero attached hydrogens (tertiary/aromatic N) is 1. The van der Waals surface area contributed by atoms with Crippen LogP contribution >= 0.6 is 34.8 Å². The third-order valence-electron chi connectivity index (χ3n) is 3.08. The van der Waals surface area contributed by atoms with E-state index in [0.717, 1.165) is 3.57 Å². The lowest BCUT2D eigenvalue weighted by Gasteiger charge is -2.27. The lowest BCUT2D eigenvalue weighted by molar-refractivity contribution is -0.128. The number of ether oxygens (including phenoxy) is 1. The molecule has 1 aromatic rings. The maximum Gasteiger partial charge on any atom is 0.265 e. The fraction of sp³-hybridized carbons (Fsp3) is 0.118. The second kappa shape index (κ2) is 8.08. The van der Waals surface area contributed by atoms with E-state index in [9.17, 15) is 9.59 Å². The molecule has 0 spiro atoms. The highest BCUT2D eigenvalue weighted by Gasteiger charge is 2.32. The molecule has 2 rings (SSSR count). The summed E-state index contributed by atoms with van der Waals surface area (Å²) in [4.78, 5) is 25.8. The van der Waals surface area contributed by atoms with E-state index in [1.807, 2.05) is 0 Å². The van der Waals surface area contributed by atoms with Crippen LogP contribution < -0.4 is 10.1 Å². The summed E-state index contributed by atoms with van der Waals surface area (Å²) in [5.41, 5.74) is 0.705. The number of thiocarbonyl (C=S) groups is 1. The number of benzene rings is 1. The number of hydrogen-bond acceptors (Lipinski definition) is 4. The van der Waals surface area contributed by atoms with Crippen molar-refractivity contribution in [2.45, 2.75) is 0 Å². The SMILES string of the molecule is C#CCOc1ccc(/C=C2\C(=O)NC(=S)N(CC=C)C2=O)cc1I. The van der Waals surface area contributed by atoms with Gasteiger partial charge in [-0.25, -0.2) is 0 Å². The van der Waals surface area contributed by atoms with E-state index in [0.29, 0.717) is 11.3 Å². The Labute approximate surface area is 158 Å². The molecule has 0 atom stereocenters. The Hall–Kier alpha value is -2.18. The first-order chi connectivity index (χ1) is 11.5. The van der Waals surface area contributed by atoms with Crippen LogP contribution in [0.5, 0.6) is 5.75 Å². The zero-order valence-electron chi connectivity index (χ0n) is 12.5. The summed E-state index contributed by atoms with van der Waals surface area (Å²) in [7, 11) is 0. The fourth-order valence-corrected chi connectivity index (χ4v) is 2.94. The number of carbonyl (C=O) groups excluding carboxylic acids is 2. The standard InChI is InChI=1S/C17H13IN2O3S/c1-3-7-20-16(22)12(15(21)19-17(20)24)9-11-5-6-14(13(18)10-11)23-8-4-2/h2-3,5-6,9-10H,1,7-8H2,(H,19,21,24)/b12-9+. The third kappa shape index (κ3) is 4.01. The van der Waals surface area contributed by atoms with Gasteiger partial charge in [-0.15, -0.1) is 13.0 Å². The molecule has 24 heavy (non-hydrogen) atoms.